The summed E-state index contributed by atoms with van der Waals surface area (Å²) in [6, 6.07) is 3.96. The SMILES string of the molecule is N#Cc1cc(N2CCOCC2)nc(C2CCCC2)n1. The molecule has 0 spiro atoms. The van der Waals surface area contributed by atoms with Crippen molar-refractivity contribution in [2.24, 2.45) is 0 Å². The molecule has 2 aliphatic rings. The van der Waals surface area contributed by atoms with E-state index in [1.54, 1.807) is 6.07 Å². The van der Waals surface area contributed by atoms with Gasteiger partial charge in [0.1, 0.15) is 23.4 Å². The molecular formula is C14H18N4O. The van der Waals surface area contributed by atoms with E-state index in [9.17, 15) is 0 Å². The van der Waals surface area contributed by atoms with Crippen LogP contribution in [0.4, 0.5) is 5.82 Å². The number of morpholine rings is 1. The normalized spacial score (nSPS) is 20.5. The molecule has 0 aromatic carbocycles. The van der Waals surface area contributed by atoms with Gasteiger partial charge in [0, 0.05) is 25.1 Å². The van der Waals surface area contributed by atoms with Gasteiger partial charge in [-0.05, 0) is 12.8 Å². The van der Waals surface area contributed by atoms with Crippen molar-refractivity contribution in [3.05, 3.63) is 17.6 Å². The number of hydrogen-bond donors (Lipinski definition) is 0. The lowest BCUT2D eigenvalue weighted by atomic mass is 10.1. The van der Waals surface area contributed by atoms with Gasteiger partial charge >= 0.3 is 0 Å². The van der Waals surface area contributed by atoms with Crippen LogP contribution in [-0.4, -0.2) is 36.3 Å². The number of rotatable bonds is 2. The highest BCUT2D eigenvalue weighted by Gasteiger charge is 2.22. The van der Waals surface area contributed by atoms with Crippen LogP contribution in [0.2, 0.25) is 0 Å². The lowest BCUT2D eigenvalue weighted by Crippen LogP contribution is -2.37. The Labute approximate surface area is 113 Å². The minimum atomic E-state index is 0.438. The zero-order chi connectivity index (χ0) is 13.1. The van der Waals surface area contributed by atoms with Gasteiger partial charge in [-0.25, -0.2) is 9.97 Å². The predicted octanol–water partition coefficient (Wildman–Crippen LogP) is 1.84. The average molecular weight is 258 g/mol. The summed E-state index contributed by atoms with van der Waals surface area (Å²) in [6.07, 6.45) is 4.80. The van der Waals surface area contributed by atoms with Crippen LogP contribution in [0.5, 0.6) is 0 Å². The molecule has 3 rings (SSSR count). The summed E-state index contributed by atoms with van der Waals surface area (Å²) in [5.74, 6) is 2.18. The predicted molar refractivity (Wildman–Crippen MR) is 71.0 cm³/mol. The first kappa shape index (κ1) is 12.4. The molecule has 5 heteroatoms. The topological polar surface area (TPSA) is 62.0 Å². The maximum absolute atomic E-state index is 9.14. The standard InChI is InChI=1S/C14H18N4O/c15-10-12-9-13(18-5-7-19-8-6-18)17-14(16-12)11-3-1-2-4-11/h9,11H,1-8H2. The summed E-state index contributed by atoms with van der Waals surface area (Å²) in [5.41, 5.74) is 0.485. The summed E-state index contributed by atoms with van der Waals surface area (Å²) in [5, 5.41) is 9.14. The fraction of sp³-hybridized carbons (Fsp3) is 0.643. The summed E-state index contributed by atoms with van der Waals surface area (Å²) in [7, 11) is 0. The molecular weight excluding hydrogens is 240 g/mol. The van der Waals surface area contributed by atoms with Gasteiger partial charge in [0.2, 0.25) is 0 Å². The van der Waals surface area contributed by atoms with E-state index in [1.807, 2.05) is 0 Å². The highest BCUT2D eigenvalue weighted by Crippen LogP contribution is 2.33. The Morgan fingerprint density at radius 1 is 1.21 bits per heavy atom. The number of aromatic nitrogens is 2. The first-order chi connectivity index (χ1) is 9.36. The molecule has 1 aliphatic carbocycles. The number of nitriles is 1. The first-order valence-electron chi connectivity index (χ1n) is 6.98. The molecule has 1 aromatic heterocycles. The minimum Gasteiger partial charge on any atom is -0.378 e. The van der Waals surface area contributed by atoms with E-state index in [-0.39, 0.29) is 0 Å². The van der Waals surface area contributed by atoms with Crippen LogP contribution < -0.4 is 4.90 Å². The van der Waals surface area contributed by atoms with Crippen LogP contribution >= 0.6 is 0 Å². The van der Waals surface area contributed by atoms with Crippen molar-refractivity contribution in [2.45, 2.75) is 31.6 Å². The van der Waals surface area contributed by atoms with Gasteiger partial charge in [-0.2, -0.15) is 5.26 Å². The Kier molecular flexibility index (Phi) is 3.60. The monoisotopic (exact) mass is 258 g/mol. The number of ether oxygens (including phenoxy) is 1. The van der Waals surface area contributed by atoms with Gasteiger partial charge in [-0.1, -0.05) is 12.8 Å². The second-order valence-electron chi connectivity index (χ2n) is 5.16. The highest BCUT2D eigenvalue weighted by atomic mass is 16.5. The van der Waals surface area contributed by atoms with Crippen molar-refractivity contribution in [3.63, 3.8) is 0 Å². The van der Waals surface area contributed by atoms with E-state index in [0.29, 0.717) is 11.6 Å². The Bertz CT molecular complexity index is 485. The lowest BCUT2D eigenvalue weighted by molar-refractivity contribution is 0.122. The van der Waals surface area contributed by atoms with Crippen LogP contribution in [0.15, 0.2) is 6.07 Å². The van der Waals surface area contributed by atoms with E-state index < -0.39 is 0 Å². The lowest BCUT2D eigenvalue weighted by Gasteiger charge is -2.28. The Morgan fingerprint density at radius 2 is 1.95 bits per heavy atom. The molecule has 1 saturated heterocycles. The molecule has 0 atom stereocenters. The zero-order valence-corrected chi connectivity index (χ0v) is 11.0. The molecule has 19 heavy (non-hydrogen) atoms. The number of hydrogen-bond acceptors (Lipinski definition) is 5. The number of nitrogens with zero attached hydrogens (tertiary/aromatic N) is 4. The van der Waals surface area contributed by atoms with Crippen molar-refractivity contribution < 1.29 is 4.74 Å². The van der Waals surface area contributed by atoms with Gasteiger partial charge in [-0.3, -0.25) is 0 Å². The molecule has 100 valence electrons. The molecule has 1 aliphatic heterocycles. The summed E-state index contributed by atoms with van der Waals surface area (Å²) < 4.78 is 5.36. The van der Waals surface area contributed by atoms with E-state index in [0.717, 1.165) is 50.8 Å². The van der Waals surface area contributed by atoms with E-state index in [2.05, 4.69) is 16.0 Å². The first-order valence-corrected chi connectivity index (χ1v) is 6.98. The minimum absolute atomic E-state index is 0.438. The second-order valence-corrected chi connectivity index (χ2v) is 5.16. The van der Waals surface area contributed by atoms with E-state index in [4.69, 9.17) is 15.0 Å². The smallest absolute Gasteiger partial charge is 0.146 e. The third-order valence-electron chi connectivity index (χ3n) is 3.90. The molecule has 0 bridgehead atoms. The fourth-order valence-corrected chi connectivity index (χ4v) is 2.83. The van der Waals surface area contributed by atoms with Gasteiger partial charge in [0.15, 0.2) is 0 Å². The van der Waals surface area contributed by atoms with Gasteiger partial charge in [-0.15, -0.1) is 0 Å². The van der Waals surface area contributed by atoms with Crippen molar-refractivity contribution in [2.75, 3.05) is 31.2 Å². The molecule has 2 heterocycles. The van der Waals surface area contributed by atoms with Crippen LogP contribution in [0.3, 0.4) is 0 Å². The highest BCUT2D eigenvalue weighted by molar-refractivity contribution is 5.43. The molecule has 0 amide bonds. The molecule has 5 nitrogen and oxygen atoms in total. The van der Waals surface area contributed by atoms with Crippen molar-refractivity contribution in [3.8, 4) is 6.07 Å². The summed E-state index contributed by atoms with van der Waals surface area (Å²) in [4.78, 5) is 11.3. The van der Waals surface area contributed by atoms with E-state index in [1.165, 1.54) is 12.8 Å². The second kappa shape index (κ2) is 5.54. The van der Waals surface area contributed by atoms with Crippen LogP contribution in [0.1, 0.15) is 43.1 Å². The van der Waals surface area contributed by atoms with Gasteiger partial charge in [0.05, 0.1) is 13.2 Å². The van der Waals surface area contributed by atoms with E-state index >= 15 is 0 Å². The molecule has 2 fully saturated rings. The summed E-state index contributed by atoms with van der Waals surface area (Å²) >= 11 is 0. The maximum atomic E-state index is 9.14. The fourth-order valence-electron chi connectivity index (χ4n) is 2.83. The number of anilines is 1. The van der Waals surface area contributed by atoms with Crippen LogP contribution in [0, 0.1) is 11.3 Å². The molecule has 0 N–H and O–H groups in total. The van der Waals surface area contributed by atoms with Crippen molar-refractivity contribution in [1.82, 2.24) is 9.97 Å². The molecule has 0 unspecified atom stereocenters. The average Bonchev–Trinajstić information content (AvgIpc) is 3.02. The summed E-state index contributed by atoms with van der Waals surface area (Å²) in [6.45, 7) is 3.13. The van der Waals surface area contributed by atoms with Crippen LogP contribution in [-0.2, 0) is 4.74 Å². The Hall–Kier alpha value is -1.67. The Balaban J connectivity index is 1.90. The maximum Gasteiger partial charge on any atom is 0.146 e. The van der Waals surface area contributed by atoms with Crippen molar-refractivity contribution >= 4 is 5.82 Å². The van der Waals surface area contributed by atoms with Crippen molar-refractivity contribution in [1.29, 1.82) is 5.26 Å². The zero-order valence-electron chi connectivity index (χ0n) is 11.0. The van der Waals surface area contributed by atoms with Crippen LogP contribution in [0.25, 0.3) is 0 Å². The van der Waals surface area contributed by atoms with Gasteiger partial charge in [0.25, 0.3) is 0 Å². The molecule has 0 radical (unpaired) electrons. The largest absolute Gasteiger partial charge is 0.378 e. The third kappa shape index (κ3) is 2.69. The quantitative estimate of drug-likeness (QED) is 0.810. The Morgan fingerprint density at radius 3 is 2.63 bits per heavy atom. The third-order valence-corrected chi connectivity index (χ3v) is 3.90. The van der Waals surface area contributed by atoms with Gasteiger partial charge < -0.3 is 9.64 Å². The molecule has 1 aromatic rings. The molecule has 1 saturated carbocycles.